The Kier molecular flexibility index (Phi) is 4.63. The van der Waals surface area contributed by atoms with E-state index in [0.717, 1.165) is 22.3 Å². The summed E-state index contributed by atoms with van der Waals surface area (Å²) in [5, 5.41) is 12.7. The molecule has 1 aromatic heterocycles. The molecule has 3 N–H and O–H groups in total. The molecular formula is C18H16N6. The highest BCUT2D eigenvalue weighted by Gasteiger charge is 2.09. The number of nitrogens with one attached hydrogen (secondary N) is 1. The van der Waals surface area contributed by atoms with Gasteiger partial charge in [-0.2, -0.15) is 10.4 Å². The lowest BCUT2D eigenvalue weighted by molar-refractivity contribution is 1.05. The molecule has 0 bridgehead atoms. The molecular weight excluding hydrogens is 300 g/mol. The molecule has 0 aliphatic rings. The molecule has 3 aromatic rings. The summed E-state index contributed by atoms with van der Waals surface area (Å²) in [6.45, 7) is 0. The van der Waals surface area contributed by atoms with Gasteiger partial charge in [0.05, 0.1) is 29.2 Å². The van der Waals surface area contributed by atoms with Crippen LogP contribution >= 0.6 is 0 Å². The van der Waals surface area contributed by atoms with E-state index in [1.54, 1.807) is 0 Å². The van der Waals surface area contributed by atoms with Crippen molar-refractivity contribution in [1.29, 1.82) is 5.26 Å². The zero-order chi connectivity index (χ0) is 16.8. The first-order valence-corrected chi connectivity index (χ1v) is 7.51. The molecule has 0 aliphatic carbocycles. The van der Waals surface area contributed by atoms with E-state index in [0.29, 0.717) is 12.2 Å². The lowest BCUT2D eigenvalue weighted by Crippen LogP contribution is -2.14. The van der Waals surface area contributed by atoms with Crippen LogP contribution in [-0.4, -0.2) is 15.8 Å². The summed E-state index contributed by atoms with van der Waals surface area (Å²) >= 11 is 0. The molecule has 6 nitrogen and oxygen atoms in total. The molecule has 0 saturated heterocycles. The van der Waals surface area contributed by atoms with Crippen molar-refractivity contribution in [1.82, 2.24) is 9.97 Å². The Labute approximate surface area is 139 Å². The van der Waals surface area contributed by atoms with Crippen LogP contribution in [0.2, 0.25) is 0 Å². The average molecular weight is 316 g/mol. The molecule has 0 fully saturated rings. The lowest BCUT2D eigenvalue weighted by atomic mass is 10.1. The predicted octanol–water partition coefficient (Wildman–Crippen LogP) is 2.82. The Morgan fingerprint density at radius 1 is 1.04 bits per heavy atom. The molecule has 0 saturated carbocycles. The summed E-state index contributed by atoms with van der Waals surface area (Å²) in [4.78, 5) is 9.28. The van der Waals surface area contributed by atoms with Gasteiger partial charge >= 0.3 is 0 Å². The van der Waals surface area contributed by atoms with E-state index in [9.17, 15) is 0 Å². The summed E-state index contributed by atoms with van der Waals surface area (Å²) in [5.41, 5.74) is 12.0. The summed E-state index contributed by atoms with van der Waals surface area (Å²) in [6, 6.07) is 19.6. The number of nitrogens with zero attached hydrogens (tertiary/aromatic N) is 4. The summed E-state index contributed by atoms with van der Waals surface area (Å²) in [5.74, 6) is 0.747. The maximum Gasteiger partial charge on any atom is 0.169 e. The average Bonchev–Trinajstić information content (AvgIpc) is 2.61. The van der Waals surface area contributed by atoms with Gasteiger partial charge in [0.15, 0.2) is 5.82 Å². The van der Waals surface area contributed by atoms with Gasteiger partial charge in [0.1, 0.15) is 5.84 Å². The summed E-state index contributed by atoms with van der Waals surface area (Å²) in [7, 11) is 0. The number of anilines is 1. The van der Waals surface area contributed by atoms with Crippen LogP contribution in [0.3, 0.4) is 0 Å². The van der Waals surface area contributed by atoms with Gasteiger partial charge in [0, 0.05) is 6.42 Å². The standard InChI is InChI=1S/C18H16N6/c19-11-10-17(20)23-24-18-16(12-13-6-2-1-3-7-13)21-14-8-4-5-9-15(14)22-18/h1-9H,10,12H2,(H2,20,23)(H,22,24). The van der Waals surface area contributed by atoms with Crippen molar-refractivity contribution in [2.75, 3.05) is 5.43 Å². The Morgan fingerprint density at radius 3 is 2.42 bits per heavy atom. The number of rotatable bonds is 5. The fourth-order valence-electron chi connectivity index (χ4n) is 2.28. The second-order valence-electron chi connectivity index (χ2n) is 5.22. The maximum atomic E-state index is 8.66. The van der Waals surface area contributed by atoms with Gasteiger partial charge in [0.2, 0.25) is 0 Å². The molecule has 2 aromatic carbocycles. The zero-order valence-corrected chi connectivity index (χ0v) is 13.0. The van der Waals surface area contributed by atoms with Gasteiger partial charge in [-0.05, 0) is 17.7 Å². The zero-order valence-electron chi connectivity index (χ0n) is 13.0. The lowest BCUT2D eigenvalue weighted by Gasteiger charge is -2.09. The van der Waals surface area contributed by atoms with Crippen LogP contribution in [0.4, 0.5) is 5.82 Å². The Bertz CT molecular complexity index is 912. The van der Waals surface area contributed by atoms with E-state index >= 15 is 0 Å². The summed E-state index contributed by atoms with van der Waals surface area (Å²) in [6.07, 6.45) is 0.677. The monoisotopic (exact) mass is 316 g/mol. The van der Waals surface area contributed by atoms with E-state index < -0.39 is 0 Å². The number of amidine groups is 1. The number of para-hydroxylation sites is 2. The smallest absolute Gasteiger partial charge is 0.169 e. The van der Waals surface area contributed by atoms with Gasteiger partial charge in [-0.1, -0.05) is 42.5 Å². The van der Waals surface area contributed by atoms with E-state index in [2.05, 4.69) is 15.5 Å². The number of nitrogens with two attached hydrogens (primary N) is 1. The number of nitriles is 1. The Balaban J connectivity index is 1.99. The Morgan fingerprint density at radius 2 is 1.71 bits per heavy atom. The third-order valence-electron chi connectivity index (χ3n) is 3.42. The fourth-order valence-corrected chi connectivity index (χ4v) is 2.28. The van der Waals surface area contributed by atoms with E-state index in [-0.39, 0.29) is 12.3 Å². The van der Waals surface area contributed by atoms with Crippen molar-refractivity contribution >= 4 is 22.7 Å². The van der Waals surface area contributed by atoms with E-state index in [4.69, 9.17) is 16.0 Å². The highest BCUT2D eigenvalue weighted by molar-refractivity contribution is 5.83. The second-order valence-corrected chi connectivity index (χ2v) is 5.22. The minimum Gasteiger partial charge on any atom is -0.385 e. The van der Waals surface area contributed by atoms with Gasteiger partial charge in [-0.3, -0.25) is 5.43 Å². The van der Waals surface area contributed by atoms with Crippen LogP contribution in [0.1, 0.15) is 17.7 Å². The predicted molar refractivity (Wildman–Crippen MR) is 94.3 cm³/mol. The van der Waals surface area contributed by atoms with Crippen LogP contribution in [0.5, 0.6) is 0 Å². The van der Waals surface area contributed by atoms with Crippen LogP contribution in [-0.2, 0) is 6.42 Å². The molecule has 24 heavy (non-hydrogen) atoms. The SMILES string of the molecule is N#CC/C(N)=N/Nc1nc2ccccc2nc1Cc1ccccc1. The topological polar surface area (TPSA) is 100.0 Å². The molecule has 0 amide bonds. The highest BCUT2D eigenvalue weighted by atomic mass is 15.3. The number of hydrogen-bond acceptors (Lipinski definition) is 5. The normalized spacial score (nSPS) is 11.2. The molecule has 1 heterocycles. The quantitative estimate of drug-likeness (QED) is 0.428. The van der Waals surface area contributed by atoms with Crippen molar-refractivity contribution in [2.45, 2.75) is 12.8 Å². The van der Waals surface area contributed by atoms with Gasteiger partial charge in [-0.15, -0.1) is 0 Å². The van der Waals surface area contributed by atoms with Crippen LogP contribution < -0.4 is 11.2 Å². The number of hydrogen-bond donors (Lipinski definition) is 2. The Hall–Kier alpha value is -3.46. The third-order valence-corrected chi connectivity index (χ3v) is 3.42. The minimum atomic E-state index is 0.0576. The highest BCUT2D eigenvalue weighted by Crippen LogP contribution is 2.20. The first-order valence-electron chi connectivity index (χ1n) is 7.51. The molecule has 0 unspecified atom stereocenters. The van der Waals surface area contributed by atoms with Crippen LogP contribution in [0.25, 0.3) is 11.0 Å². The number of aromatic nitrogens is 2. The maximum absolute atomic E-state index is 8.66. The van der Waals surface area contributed by atoms with Crippen molar-refractivity contribution in [3.8, 4) is 6.07 Å². The largest absolute Gasteiger partial charge is 0.385 e. The molecule has 0 spiro atoms. The second kappa shape index (κ2) is 7.20. The number of benzene rings is 2. The molecule has 3 rings (SSSR count). The van der Waals surface area contributed by atoms with E-state index in [1.165, 1.54) is 0 Å². The minimum absolute atomic E-state index is 0.0576. The molecule has 0 atom stereocenters. The van der Waals surface area contributed by atoms with E-state index in [1.807, 2.05) is 60.7 Å². The molecule has 6 heteroatoms. The van der Waals surface area contributed by atoms with Crippen LogP contribution in [0.15, 0.2) is 59.7 Å². The van der Waals surface area contributed by atoms with Crippen molar-refractivity contribution in [3.05, 3.63) is 65.9 Å². The summed E-state index contributed by atoms with van der Waals surface area (Å²) < 4.78 is 0. The first-order chi connectivity index (χ1) is 11.8. The molecule has 0 aliphatic heterocycles. The first kappa shape index (κ1) is 15.4. The molecule has 118 valence electrons. The van der Waals surface area contributed by atoms with Crippen LogP contribution in [0, 0.1) is 11.3 Å². The van der Waals surface area contributed by atoms with Crippen molar-refractivity contribution in [2.24, 2.45) is 10.8 Å². The molecule has 0 radical (unpaired) electrons. The van der Waals surface area contributed by atoms with Gasteiger partial charge in [-0.25, -0.2) is 9.97 Å². The van der Waals surface area contributed by atoms with Gasteiger partial charge < -0.3 is 5.73 Å². The van der Waals surface area contributed by atoms with Crippen molar-refractivity contribution < 1.29 is 0 Å². The third kappa shape index (κ3) is 3.65. The van der Waals surface area contributed by atoms with Gasteiger partial charge in [0.25, 0.3) is 0 Å². The number of fused-ring (bicyclic) bond motifs is 1. The number of hydrazone groups is 1. The van der Waals surface area contributed by atoms with Crippen molar-refractivity contribution in [3.63, 3.8) is 0 Å². The fraction of sp³-hybridized carbons (Fsp3) is 0.111.